The number of ether oxygens (including phenoxy) is 1. The van der Waals surface area contributed by atoms with E-state index in [1.807, 2.05) is 30.5 Å². The number of para-hydroxylation sites is 1. The number of carbonyl (C=O) groups is 1. The zero-order chi connectivity index (χ0) is 17.1. The first-order chi connectivity index (χ1) is 11.6. The van der Waals surface area contributed by atoms with Gasteiger partial charge >= 0.3 is 0 Å². The highest BCUT2D eigenvalue weighted by atomic mass is 35.5. The topological polar surface area (TPSA) is 80.1 Å². The summed E-state index contributed by atoms with van der Waals surface area (Å²) >= 11 is 5.98. The van der Waals surface area contributed by atoms with E-state index < -0.39 is 6.04 Å². The Morgan fingerprint density at radius 2 is 2.12 bits per heavy atom. The van der Waals surface area contributed by atoms with Gasteiger partial charge < -0.3 is 20.8 Å². The summed E-state index contributed by atoms with van der Waals surface area (Å²) < 4.78 is 5.23. The van der Waals surface area contributed by atoms with Gasteiger partial charge in [0.25, 0.3) is 0 Å². The quantitative estimate of drug-likeness (QED) is 0.664. The Hall–Kier alpha value is -2.50. The zero-order valence-electron chi connectivity index (χ0n) is 13.2. The average Bonchev–Trinajstić information content (AvgIpc) is 2.98. The molecule has 0 aliphatic rings. The number of hydrogen-bond donors (Lipinski definition) is 3. The largest absolute Gasteiger partial charge is 0.495 e. The molecule has 0 spiro atoms. The van der Waals surface area contributed by atoms with E-state index in [-0.39, 0.29) is 5.91 Å². The molecule has 124 valence electrons. The number of hydrogen-bond acceptors (Lipinski definition) is 3. The summed E-state index contributed by atoms with van der Waals surface area (Å²) in [7, 11) is 1.53. The van der Waals surface area contributed by atoms with E-state index in [0.717, 1.165) is 16.5 Å². The molecule has 5 nitrogen and oxygen atoms in total. The van der Waals surface area contributed by atoms with Crippen LogP contribution in [0.2, 0.25) is 5.02 Å². The number of H-pyrrole nitrogens is 1. The molecular weight excluding hydrogens is 326 g/mol. The van der Waals surface area contributed by atoms with E-state index in [1.165, 1.54) is 7.11 Å². The number of aromatic nitrogens is 1. The van der Waals surface area contributed by atoms with Crippen molar-refractivity contribution in [2.75, 3.05) is 12.4 Å². The second-order valence-corrected chi connectivity index (χ2v) is 5.94. The van der Waals surface area contributed by atoms with Crippen molar-refractivity contribution >= 4 is 34.1 Å². The fourth-order valence-corrected chi connectivity index (χ4v) is 2.81. The summed E-state index contributed by atoms with van der Waals surface area (Å²) in [5.74, 6) is 0.243. The van der Waals surface area contributed by atoms with Gasteiger partial charge in [0.1, 0.15) is 5.75 Å². The smallest absolute Gasteiger partial charge is 0.241 e. The van der Waals surface area contributed by atoms with Crippen molar-refractivity contribution in [3.8, 4) is 5.75 Å². The third kappa shape index (κ3) is 3.37. The molecule has 1 amide bonds. The summed E-state index contributed by atoms with van der Waals surface area (Å²) in [6, 6.07) is 12.3. The number of nitrogens with one attached hydrogen (secondary N) is 2. The minimum absolute atomic E-state index is 0.291. The highest BCUT2D eigenvalue weighted by Gasteiger charge is 2.18. The summed E-state index contributed by atoms with van der Waals surface area (Å²) in [6.45, 7) is 0. The van der Waals surface area contributed by atoms with Gasteiger partial charge in [-0.3, -0.25) is 4.79 Å². The Balaban J connectivity index is 1.74. The average molecular weight is 344 g/mol. The number of benzene rings is 2. The number of nitrogens with two attached hydrogens (primary N) is 1. The fraction of sp³-hybridized carbons (Fsp3) is 0.167. The number of carbonyl (C=O) groups excluding carboxylic acids is 1. The maximum Gasteiger partial charge on any atom is 0.241 e. The molecule has 3 rings (SSSR count). The van der Waals surface area contributed by atoms with Gasteiger partial charge in [-0.25, -0.2) is 0 Å². The Kier molecular flexibility index (Phi) is 4.74. The molecule has 24 heavy (non-hydrogen) atoms. The van der Waals surface area contributed by atoms with Crippen LogP contribution in [-0.2, 0) is 11.2 Å². The lowest BCUT2D eigenvalue weighted by Crippen LogP contribution is -2.37. The van der Waals surface area contributed by atoms with Gasteiger partial charge in [0.15, 0.2) is 0 Å². The molecule has 1 atom stereocenters. The van der Waals surface area contributed by atoms with Crippen LogP contribution in [0.5, 0.6) is 5.75 Å². The van der Waals surface area contributed by atoms with Crippen LogP contribution in [0.3, 0.4) is 0 Å². The van der Waals surface area contributed by atoms with Gasteiger partial charge in [0.2, 0.25) is 5.91 Å². The molecule has 1 heterocycles. The minimum atomic E-state index is -0.687. The summed E-state index contributed by atoms with van der Waals surface area (Å²) in [6.07, 6.45) is 2.32. The molecule has 0 bridgehead atoms. The third-order valence-electron chi connectivity index (χ3n) is 3.87. The number of halogens is 1. The fourth-order valence-electron chi connectivity index (χ4n) is 2.63. The molecular formula is C18H18ClN3O2. The highest BCUT2D eigenvalue weighted by Crippen LogP contribution is 2.28. The second kappa shape index (κ2) is 6.95. The van der Waals surface area contributed by atoms with E-state index in [9.17, 15) is 4.79 Å². The molecule has 0 radical (unpaired) electrons. The number of rotatable bonds is 5. The predicted octanol–water partition coefficient (Wildman–Crippen LogP) is 3.34. The maximum absolute atomic E-state index is 12.4. The van der Waals surface area contributed by atoms with Crippen molar-refractivity contribution in [2.45, 2.75) is 12.5 Å². The standard InChI is InChI=1S/C18H18ClN3O2/c1-24-17-7-6-12(19)9-16(17)22-18(23)14(20)8-11-10-21-15-5-3-2-4-13(11)15/h2-7,9-10,14,21H,8,20H2,1H3,(H,22,23). The third-order valence-corrected chi connectivity index (χ3v) is 4.11. The molecule has 0 aliphatic heterocycles. The SMILES string of the molecule is COc1ccc(Cl)cc1NC(=O)C(N)Cc1c[nH]c2ccccc12. The summed E-state index contributed by atoms with van der Waals surface area (Å²) in [5.41, 5.74) is 8.61. The van der Waals surface area contributed by atoms with Crippen molar-refractivity contribution in [3.05, 3.63) is 59.2 Å². The maximum atomic E-state index is 12.4. The lowest BCUT2D eigenvalue weighted by atomic mass is 10.0. The van der Waals surface area contributed by atoms with Crippen LogP contribution in [0.15, 0.2) is 48.7 Å². The molecule has 0 saturated carbocycles. The Labute approximate surface area is 144 Å². The summed E-state index contributed by atoms with van der Waals surface area (Å²) in [4.78, 5) is 15.6. The van der Waals surface area contributed by atoms with Crippen LogP contribution < -0.4 is 15.8 Å². The Morgan fingerprint density at radius 1 is 1.33 bits per heavy atom. The first kappa shape index (κ1) is 16.4. The number of methoxy groups -OCH3 is 1. The van der Waals surface area contributed by atoms with E-state index in [4.69, 9.17) is 22.1 Å². The number of amides is 1. The van der Waals surface area contributed by atoms with Gasteiger partial charge in [-0.15, -0.1) is 0 Å². The van der Waals surface area contributed by atoms with Gasteiger partial charge in [0, 0.05) is 22.1 Å². The highest BCUT2D eigenvalue weighted by molar-refractivity contribution is 6.31. The van der Waals surface area contributed by atoms with E-state index >= 15 is 0 Å². The first-order valence-electron chi connectivity index (χ1n) is 7.53. The van der Waals surface area contributed by atoms with Gasteiger partial charge in [0.05, 0.1) is 18.8 Å². The molecule has 0 saturated heterocycles. The lowest BCUT2D eigenvalue weighted by molar-refractivity contribution is -0.117. The van der Waals surface area contributed by atoms with Crippen molar-refractivity contribution < 1.29 is 9.53 Å². The normalized spacial score (nSPS) is 12.1. The number of anilines is 1. The predicted molar refractivity (Wildman–Crippen MR) is 96.6 cm³/mol. The van der Waals surface area contributed by atoms with Crippen molar-refractivity contribution in [1.82, 2.24) is 4.98 Å². The van der Waals surface area contributed by atoms with Gasteiger partial charge in [-0.1, -0.05) is 29.8 Å². The molecule has 3 aromatic rings. The molecule has 0 aliphatic carbocycles. The van der Waals surface area contributed by atoms with E-state index in [0.29, 0.717) is 22.9 Å². The second-order valence-electron chi connectivity index (χ2n) is 5.50. The van der Waals surface area contributed by atoms with Gasteiger partial charge in [-0.05, 0) is 36.2 Å². The van der Waals surface area contributed by atoms with Crippen LogP contribution in [0.1, 0.15) is 5.56 Å². The molecule has 4 N–H and O–H groups in total. The molecule has 6 heteroatoms. The van der Waals surface area contributed by atoms with Gasteiger partial charge in [-0.2, -0.15) is 0 Å². The van der Waals surface area contributed by atoms with Crippen molar-refractivity contribution in [1.29, 1.82) is 0 Å². The van der Waals surface area contributed by atoms with Crippen LogP contribution >= 0.6 is 11.6 Å². The van der Waals surface area contributed by atoms with Crippen LogP contribution in [0.4, 0.5) is 5.69 Å². The molecule has 1 unspecified atom stereocenters. The Morgan fingerprint density at radius 3 is 2.92 bits per heavy atom. The monoisotopic (exact) mass is 343 g/mol. The molecule has 1 aromatic heterocycles. The van der Waals surface area contributed by atoms with Crippen LogP contribution in [0, 0.1) is 0 Å². The van der Waals surface area contributed by atoms with Crippen molar-refractivity contribution in [2.24, 2.45) is 5.73 Å². The van der Waals surface area contributed by atoms with Crippen LogP contribution in [-0.4, -0.2) is 24.0 Å². The number of aromatic amines is 1. The minimum Gasteiger partial charge on any atom is -0.495 e. The van der Waals surface area contributed by atoms with E-state index in [2.05, 4.69) is 10.3 Å². The lowest BCUT2D eigenvalue weighted by Gasteiger charge is -2.14. The molecule has 2 aromatic carbocycles. The first-order valence-corrected chi connectivity index (χ1v) is 7.91. The Bertz CT molecular complexity index is 876. The zero-order valence-corrected chi connectivity index (χ0v) is 13.9. The van der Waals surface area contributed by atoms with E-state index in [1.54, 1.807) is 18.2 Å². The summed E-state index contributed by atoms with van der Waals surface area (Å²) in [5, 5.41) is 4.36. The number of fused-ring (bicyclic) bond motifs is 1. The van der Waals surface area contributed by atoms with Crippen LogP contribution in [0.25, 0.3) is 10.9 Å². The van der Waals surface area contributed by atoms with Crippen molar-refractivity contribution in [3.63, 3.8) is 0 Å². The molecule has 0 fully saturated rings.